The number of hydrogen-bond acceptors (Lipinski definition) is 5. The van der Waals surface area contributed by atoms with E-state index in [9.17, 15) is 4.79 Å². The number of hydrogen-bond donors (Lipinski definition) is 2. The molecule has 0 amide bonds. The Morgan fingerprint density at radius 2 is 2.18 bits per heavy atom. The van der Waals surface area contributed by atoms with Crippen molar-refractivity contribution >= 4 is 17.3 Å². The highest BCUT2D eigenvalue weighted by atomic mass is 16.5. The zero-order chi connectivity index (χ0) is 12.8. The molecule has 17 heavy (non-hydrogen) atoms. The molecule has 3 N–H and O–H groups in total. The smallest absolute Gasteiger partial charge is 0.337 e. The highest BCUT2D eigenvalue weighted by molar-refractivity contribution is 5.91. The quantitative estimate of drug-likeness (QED) is 0.600. The fraction of sp³-hybridized carbons (Fsp3) is 0.417. The summed E-state index contributed by atoms with van der Waals surface area (Å²) in [4.78, 5) is 11.3. The van der Waals surface area contributed by atoms with E-state index in [1.165, 1.54) is 7.11 Å². The summed E-state index contributed by atoms with van der Waals surface area (Å²) in [6, 6.07) is 5.01. The second-order valence-electron chi connectivity index (χ2n) is 3.72. The predicted octanol–water partition coefficient (Wildman–Crippen LogP) is 1.50. The van der Waals surface area contributed by atoms with Gasteiger partial charge in [-0.05, 0) is 25.1 Å². The maximum atomic E-state index is 11.3. The summed E-state index contributed by atoms with van der Waals surface area (Å²) in [6.07, 6.45) is 0.0923. The first-order valence-corrected chi connectivity index (χ1v) is 5.33. The van der Waals surface area contributed by atoms with Crippen molar-refractivity contribution in [2.24, 2.45) is 0 Å². The third-order valence-corrected chi connectivity index (χ3v) is 2.46. The molecule has 5 heteroatoms. The van der Waals surface area contributed by atoms with Crippen LogP contribution in [-0.4, -0.2) is 32.8 Å². The van der Waals surface area contributed by atoms with Gasteiger partial charge in [-0.3, -0.25) is 0 Å². The van der Waals surface area contributed by atoms with E-state index in [4.69, 9.17) is 10.5 Å². The van der Waals surface area contributed by atoms with Crippen LogP contribution < -0.4 is 11.1 Å². The van der Waals surface area contributed by atoms with Crippen molar-refractivity contribution in [3.05, 3.63) is 23.8 Å². The van der Waals surface area contributed by atoms with Crippen LogP contribution in [-0.2, 0) is 9.47 Å². The molecule has 0 spiro atoms. The van der Waals surface area contributed by atoms with Crippen LogP contribution in [0.1, 0.15) is 17.3 Å². The molecule has 1 rings (SSSR count). The molecule has 1 unspecified atom stereocenters. The van der Waals surface area contributed by atoms with E-state index in [0.29, 0.717) is 17.8 Å². The molecule has 0 aliphatic heterocycles. The lowest BCUT2D eigenvalue weighted by Crippen LogP contribution is -2.18. The summed E-state index contributed by atoms with van der Waals surface area (Å²) >= 11 is 0. The Balaban J connectivity index is 2.73. The Labute approximate surface area is 101 Å². The van der Waals surface area contributed by atoms with Crippen molar-refractivity contribution in [1.82, 2.24) is 0 Å². The largest absolute Gasteiger partial charge is 0.465 e. The van der Waals surface area contributed by atoms with Crippen LogP contribution in [0.2, 0.25) is 0 Å². The Kier molecular flexibility index (Phi) is 4.78. The van der Waals surface area contributed by atoms with Crippen molar-refractivity contribution in [3.8, 4) is 0 Å². The van der Waals surface area contributed by atoms with E-state index in [1.807, 2.05) is 6.92 Å². The fourth-order valence-corrected chi connectivity index (χ4v) is 1.31. The number of rotatable bonds is 5. The van der Waals surface area contributed by atoms with Crippen molar-refractivity contribution in [2.45, 2.75) is 13.0 Å². The van der Waals surface area contributed by atoms with Gasteiger partial charge >= 0.3 is 5.97 Å². The third-order valence-electron chi connectivity index (χ3n) is 2.46. The van der Waals surface area contributed by atoms with Crippen LogP contribution in [0.25, 0.3) is 0 Å². The highest BCUT2D eigenvalue weighted by Gasteiger charge is 2.08. The Bertz CT molecular complexity index is 393. The molecule has 5 nitrogen and oxygen atoms in total. The number of nitrogen functional groups attached to an aromatic ring is 1. The summed E-state index contributed by atoms with van der Waals surface area (Å²) in [7, 11) is 2.99. The highest BCUT2D eigenvalue weighted by Crippen LogP contribution is 2.20. The van der Waals surface area contributed by atoms with Crippen LogP contribution in [0, 0.1) is 0 Å². The minimum Gasteiger partial charge on any atom is -0.465 e. The molecule has 0 aromatic heterocycles. The van der Waals surface area contributed by atoms with Crippen LogP contribution in [0.15, 0.2) is 18.2 Å². The Hall–Kier alpha value is -1.75. The Morgan fingerprint density at radius 1 is 1.47 bits per heavy atom. The van der Waals surface area contributed by atoms with Crippen LogP contribution >= 0.6 is 0 Å². The average molecular weight is 238 g/mol. The summed E-state index contributed by atoms with van der Waals surface area (Å²) in [5.41, 5.74) is 7.56. The first-order chi connectivity index (χ1) is 8.08. The predicted molar refractivity (Wildman–Crippen MR) is 67.2 cm³/mol. The van der Waals surface area contributed by atoms with Crippen LogP contribution in [0.3, 0.4) is 0 Å². The minimum atomic E-state index is -0.395. The zero-order valence-electron chi connectivity index (χ0n) is 10.3. The third kappa shape index (κ3) is 3.64. The van der Waals surface area contributed by atoms with Gasteiger partial charge in [0.1, 0.15) is 0 Å². The molecule has 0 heterocycles. The zero-order valence-corrected chi connectivity index (χ0v) is 10.3. The lowest BCUT2D eigenvalue weighted by Gasteiger charge is -2.14. The second kappa shape index (κ2) is 6.10. The summed E-state index contributed by atoms with van der Waals surface area (Å²) < 4.78 is 9.73. The molecular formula is C12H18N2O3. The van der Waals surface area contributed by atoms with Gasteiger partial charge in [-0.15, -0.1) is 0 Å². The van der Waals surface area contributed by atoms with Gasteiger partial charge in [0.05, 0.1) is 30.2 Å². The molecule has 0 fully saturated rings. The number of methoxy groups -OCH3 is 2. The van der Waals surface area contributed by atoms with Crippen molar-refractivity contribution in [1.29, 1.82) is 0 Å². The van der Waals surface area contributed by atoms with Gasteiger partial charge in [0.25, 0.3) is 0 Å². The SMILES string of the molecule is COC(=O)c1ccc(NCC(C)OC)c(N)c1. The number of ether oxygens (including phenoxy) is 2. The number of nitrogens with two attached hydrogens (primary N) is 1. The molecule has 0 saturated carbocycles. The molecule has 0 aliphatic carbocycles. The maximum Gasteiger partial charge on any atom is 0.337 e. The number of esters is 1. The number of benzene rings is 1. The first kappa shape index (κ1) is 13.3. The van der Waals surface area contributed by atoms with Crippen molar-refractivity contribution in [3.63, 3.8) is 0 Å². The van der Waals surface area contributed by atoms with Gasteiger partial charge in [0.2, 0.25) is 0 Å². The summed E-state index contributed by atoms with van der Waals surface area (Å²) in [5.74, 6) is -0.395. The van der Waals surface area contributed by atoms with Gasteiger partial charge in [-0.1, -0.05) is 0 Å². The van der Waals surface area contributed by atoms with Gasteiger partial charge in [-0.2, -0.15) is 0 Å². The molecular weight excluding hydrogens is 220 g/mol. The van der Waals surface area contributed by atoms with Crippen molar-refractivity contribution < 1.29 is 14.3 Å². The Morgan fingerprint density at radius 3 is 2.71 bits per heavy atom. The number of carbonyl (C=O) groups is 1. The van der Waals surface area contributed by atoms with E-state index in [0.717, 1.165) is 5.69 Å². The molecule has 0 bridgehead atoms. The maximum absolute atomic E-state index is 11.3. The van der Waals surface area contributed by atoms with Gasteiger partial charge < -0.3 is 20.5 Å². The molecule has 1 aromatic rings. The first-order valence-electron chi connectivity index (χ1n) is 5.33. The van der Waals surface area contributed by atoms with E-state index in [2.05, 4.69) is 10.1 Å². The lowest BCUT2D eigenvalue weighted by atomic mass is 10.1. The molecule has 1 atom stereocenters. The summed E-state index contributed by atoms with van der Waals surface area (Å²) in [6.45, 7) is 2.60. The average Bonchev–Trinajstić information content (AvgIpc) is 2.35. The second-order valence-corrected chi connectivity index (χ2v) is 3.72. The van der Waals surface area contributed by atoms with Gasteiger partial charge in [-0.25, -0.2) is 4.79 Å². The lowest BCUT2D eigenvalue weighted by molar-refractivity contribution is 0.0601. The molecule has 0 radical (unpaired) electrons. The van der Waals surface area contributed by atoms with E-state index in [-0.39, 0.29) is 6.10 Å². The molecule has 1 aromatic carbocycles. The normalized spacial score (nSPS) is 11.9. The topological polar surface area (TPSA) is 73.6 Å². The minimum absolute atomic E-state index is 0.0923. The van der Waals surface area contributed by atoms with Crippen molar-refractivity contribution in [2.75, 3.05) is 31.8 Å². The van der Waals surface area contributed by atoms with E-state index >= 15 is 0 Å². The molecule has 94 valence electrons. The number of anilines is 2. The van der Waals surface area contributed by atoms with Crippen LogP contribution in [0.5, 0.6) is 0 Å². The van der Waals surface area contributed by atoms with Gasteiger partial charge in [0, 0.05) is 13.7 Å². The van der Waals surface area contributed by atoms with Gasteiger partial charge in [0.15, 0.2) is 0 Å². The summed E-state index contributed by atoms with van der Waals surface area (Å²) in [5, 5.41) is 3.15. The fourth-order valence-electron chi connectivity index (χ4n) is 1.31. The number of nitrogens with one attached hydrogen (secondary N) is 1. The molecule has 0 saturated heterocycles. The van der Waals surface area contributed by atoms with E-state index < -0.39 is 5.97 Å². The van der Waals surface area contributed by atoms with Crippen LogP contribution in [0.4, 0.5) is 11.4 Å². The van der Waals surface area contributed by atoms with E-state index in [1.54, 1.807) is 25.3 Å². The monoisotopic (exact) mass is 238 g/mol. The standard InChI is InChI=1S/C12H18N2O3/c1-8(16-2)7-14-11-5-4-9(6-10(11)13)12(15)17-3/h4-6,8,14H,7,13H2,1-3H3. The number of carbonyl (C=O) groups excluding carboxylic acids is 1. The molecule has 0 aliphatic rings.